The van der Waals surface area contributed by atoms with E-state index in [0.717, 1.165) is 6.54 Å². The van der Waals surface area contributed by atoms with Crippen molar-refractivity contribution >= 4 is 11.8 Å². The molecule has 0 bridgehead atoms. The molecule has 0 aromatic heterocycles. The Kier molecular flexibility index (Phi) is 3.90. The second-order valence-electron chi connectivity index (χ2n) is 5.82. The first-order valence-electron chi connectivity index (χ1n) is 6.72. The number of likely N-dealkylation sites (tertiary alicyclic amines) is 2. The third-order valence-corrected chi connectivity index (χ3v) is 3.62. The second-order valence-corrected chi connectivity index (χ2v) is 5.82. The van der Waals surface area contributed by atoms with E-state index >= 15 is 0 Å². The van der Waals surface area contributed by atoms with Crippen molar-refractivity contribution in [1.29, 1.82) is 0 Å². The van der Waals surface area contributed by atoms with Crippen LogP contribution in [0.3, 0.4) is 0 Å². The summed E-state index contributed by atoms with van der Waals surface area (Å²) in [6.07, 6.45) is 0.595. The van der Waals surface area contributed by atoms with Crippen molar-refractivity contribution in [1.82, 2.24) is 9.80 Å². The Balaban J connectivity index is 1.91. The quantitative estimate of drug-likeness (QED) is 0.776. The highest BCUT2D eigenvalue weighted by Crippen LogP contribution is 2.23. The minimum atomic E-state index is -0.391. The summed E-state index contributed by atoms with van der Waals surface area (Å²) in [6, 6.07) is 0. The molecule has 102 valence electrons. The number of aliphatic hydroxyl groups excluding tert-OH is 1. The maximum atomic E-state index is 12.2. The number of hydrogen-bond donors (Lipinski definition) is 1. The Morgan fingerprint density at radius 3 is 2.72 bits per heavy atom. The van der Waals surface area contributed by atoms with Gasteiger partial charge in [-0.2, -0.15) is 0 Å². The molecule has 1 N–H and O–H groups in total. The molecule has 2 aliphatic heterocycles. The van der Waals surface area contributed by atoms with E-state index in [2.05, 4.69) is 13.8 Å². The number of β-amino-alcohol motifs (C(OH)–C–C–N with tert-alkyl or cyclic N) is 1. The summed E-state index contributed by atoms with van der Waals surface area (Å²) in [4.78, 5) is 27.5. The zero-order chi connectivity index (χ0) is 13.3. The van der Waals surface area contributed by atoms with Crippen molar-refractivity contribution in [3.05, 3.63) is 0 Å². The zero-order valence-electron chi connectivity index (χ0n) is 11.1. The van der Waals surface area contributed by atoms with Gasteiger partial charge in [-0.15, -0.1) is 0 Å². The Morgan fingerprint density at radius 1 is 1.44 bits per heavy atom. The topological polar surface area (TPSA) is 60.9 Å². The largest absolute Gasteiger partial charge is 0.391 e. The van der Waals surface area contributed by atoms with Crippen molar-refractivity contribution in [3.63, 3.8) is 0 Å². The lowest BCUT2D eigenvalue weighted by Gasteiger charge is -2.21. The van der Waals surface area contributed by atoms with Gasteiger partial charge >= 0.3 is 0 Å². The first kappa shape index (κ1) is 13.3. The molecule has 5 nitrogen and oxygen atoms in total. The van der Waals surface area contributed by atoms with Gasteiger partial charge in [-0.25, -0.2) is 0 Å². The van der Waals surface area contributed by atoms with Crippen molar-refractivity contribution in [2.24, 2.45) is 11.8 Å². The lowest BCUT2D eigenvalue weighted by Crippen LogP contribution is -2.36. The van der Waals surface area contributed by atoms with Gasteiger partial charge in [0.25, 0.3) is 0 Å². The molecule has 5 heteroatoms. The third-order valence-electron chi connectivity index (χ3n) is 3.62. The van der Waals surface area contributed by atoms with Crippen LogP contribution in [0, 0.1) is 11.8 Å². The highest BCUT2D eigenvalue weighted by Gasteiger charge is 2.38. The molecule has 0 aromatic carbocycles. The Hall–Kier alpha value is -1.10. The molecule has 0 saturated carbocycles. The van der Waals surface area contributed by atoms with E-state index < -0.39 is 6.10 Å². The van der Waals surface area contributed by atoms with Gasteiger partial charge in [-0.05, 0) is 12.3 Å². The smallest absolute Gasteiger partial charge is 0.228 e. The highest BCUT2D eigenvalue weighted by atomic mass is 16.3. The molecule has 2 atom stereocenters. The number of carbonyl (C=O) groups excluding carboxylic acids is 2. The molecule has 0 aromatic rings. The maximum Gasteiger partial charge on any atom is 0.228 e. The zero-order valence-corrected chi connectivity index (χ0v) is 11.1. The van der Waals surface area contributed by atoms with E-state index in [9.17, 15) is 14.7 Å². The van der Waals surface area contributed by atoms with Gasteiger partial charge in [0, 0.05) is 32.6 Å². The highest BCUT2D eigenvalue weighted by molar-refractivity contribution is 5.89. The van der Waals surface area contributed by atoms with Gasteiger partial charge in [-0.1, -0.05) is 13.8 Å². The van der Waals surface area contributed by atoms with Crippen molar-refractivity contribution in [3.8, 4) is 0 Å². The molecule has 2 amide bonds. The summed E-state index contributed by atoms with van der Waals surface area (Å²) in [7, 11) is 0. The Bertz CT molecular complexity index is 343. The van der Waals surface area contributed by atoms with Gasteiger partial charge in [-0.3, -0.25) is 9.59 Å². The minimum Gasteiger partial charge on any atom is -0.391 e. The van der Waals surface area contributed by atoms with Crippen molar-refractivity contribution < 1.29 is 14.7 Å². The van der Waals surface area contributed by atoms with Crippen LogP contribution in [0.1, 0.15) is 26.7 Å². The summed E-state index contributed by atoms with van der Waals surface area (Å²) in [5, 5.41) is 9.44. The summed E-state index contributed by atoms with van der Waals surface area (Å²) >= 11 is 0. The fourth-order valence-corrected chi connectivity index (χ4v) is 2.76. The number of amides is 2. The maximum absolute atomic E-state index is 12.2. The summed E-state index contributed by atoms with van der Waals surface area (Å²) in [5.41, 5.74) is 0. The molecule has 0 spiro atoms. The van der Waals surface area contributed by atoms with Gasteiger partial charge in [0.05, 0.1) is 12.0 Å². The van der Waals surface area contributed by atoms with Crippen LogP contribution in [0.2, 0.25) is 0 Å². The van der Waals surface area contributed by atoms with Crippen LogP contribution in [-0.4, -0.2) is 59.0 Å². The number of nitrogens with zero attached hydrogens (tertiary/aromatic N) is 2. The summed E-state index contributed by atoms with van der Waals surface area (Å²) < 4.78 is 0. The van der Waals surface area contributed by atoms with Gasteiger partial charge in [0.1, 0.15) is 0 Å². The van der Waals surface area contributed by atoms with E-state index in [1.54, 1.807) is 9.80 Å². The van der Waals surface area contributed by atoms with Gasteiger partial charge in [0.2, 0.25) is 11.8 Å². The Labute approximate surface area is 108 Å². The number of aliphatic hydroxyl groups is 1. The minimum absolute atomic E-state index is 0.0335. The van der Waals surface area contributed by atoms with E-state index in [0.29, 0.717) is 38.4 Å². The van der Waals surface area contributed by atoms with Crippen LogP contribution >= 0.6 is 0 Å². The van der Waals surface area contributed by atoms with E-state index in [1.165, 1.54) is 0 Å². The van der Waals surface area contributed by atoms with Crippen molar-refractivity contribution in [2.75, 3.05) is 26.2 Å². The van der Waals surface area contributed by atoms with Crippen LogP contribution in [-0.2, 0) is 9.59 Å². The number of hydrogen-bond acceptors (Lipinski definition) is 3. The monoisotopic (exact) mass is 254 g/mol. The van der Waals surface area contributed by atoms with E-state index in [-0.39, 0.29) is 17.7 Å². The first-order valence-corrected chi connectivity index (χ1v) is 6.72. The van der Waals surface area contributed by atoms with E-state index in [4.69, 9.17) is 0 Å². The average Bonchev–Trinajstić information content (AvgIpc) is 2.85. The van der Waals surface area contributed by atoms with Crippen molar-refractivity contribution in [2.45, 2.75) is 32.8 Å². The fraction of sp³-hybridized carbons (Fsp3) is 0.846. The second kappa shape index (κ2) is 5.26. The number of rotatable bonds is 3. The summed E-state index contributed by atoms with van der Waals surface area (Å²) in [6.45, 7) is 6.45. The summed E-state index contributed by atoms with van der Waals surface area (Å²) in [5.74, 6) is 0.339. The van der Waals surface area contributed by atoms with Gasteiger partial charge in [0.15, 0.2) is 0 Å². The fourth-order valence-electron chi connectivity index (χ4n) is 2.76. The lowest BCUT2D eigenvalue weighted by atomic mass is 10.1. The standard InChI is InChI=1S/C13H22N2O3/c1-9(2)6-15-7-10(5-12(15)17)13(18)14-4-3-11(16)8-14/h9-11,16H,3-8H2,1-2H3/t10?,11-/m0/s1. The van der Waals surface area contributed by atoms with E-state index in [1.807, 2.05) is 0 Å². The van der Waals surface area contributed by atoms with Crippen LogP contribution in [0.4, 0.5) is 0 Å². The normalized spacial score (nSPS) is 28.6. The molecule has 2 fully saturated rings. The van der Waals surface area contributed by atoms with Crippen LogP contribution in [0.5, 0.6) is 0 Å². The predicted octanol–water partition coefficient (Wildman–Crippen LogP) is 0.0841. The molecule has 2 aliphatic rings. The molecule has 0 aliphatic carbocycles. The van der Waals surface area contributed by atoms with Crippen LogP contribution in [0.15, 0.2) is 0 Å². The Morgan fingerprint density at radius 2 is 2.17 bits per heavy atom. The molecular formula is C13H22N2O3. The molecule has 2 heterocycles. The van der Waals surface area contributed by atoms with Gasteiger partial charge < -0.3 is 14.9 Å². The van der Waals surface area contributed by atoms with Crippen LogP contribution < -0.4 is 0 Å². The number of carbonyl (C=O) groups is 2. The first-order chi connectivity index (χ1) is 8.47. The third kappa shape index (κ3) is 2.83. The lowest BCUT2D eigenvalue weighted by molar-refractivity contribution is -0.135. The molecule has 0 radical (unpaired) electrons. The SMILES string of the molecule is CC(C)CN1CC(C(=O)N2CC[C@H](O)C2)CC1=O. The van der Waals surface area contributed by atoms with Crippen LogP contribution in [0.25, 0.3) is 0 Å². The predicted molar refractivity (Wildman–Crippen MR) is 66.7 cm³/mol. The molecular weight excluding hydrogens is 232 g/mol. The molecule has 18 heavy (non-hydrogen) atoms. The molecule has 2 saturated heterocycles. The average molecular weight is 254 g/mol. The molecule has 2 rings (SSSR count). The molecule has 1 unspecified atom stereocenters.